The van der Waals surface area contributed by atoms with Gasteiger partial charge in [-0.1, -0.05) is 6.07 Å². The quantitative estimate of drug-likeness (QED) is 0.343. The molecule has 0 unspecified atom stereocenters. The lowest BCUT2D eigenvalue weighted by Crippen LogP contribution is -2.16. The van der Waals surface area contributed by atoms with Crippen molar-refractivity contribution in [2.45, 2.75) is 24.2 Å². The highest BCUT2D eigenvalue weighted by molar-refractivity contribution is 7.98. The number of hydrogen-bond donors (Lipinski definition) is 0. The summed E-state index contributed by atoms with van der Waals surface area (Å²) in [5.74, 6) is 0.337. The SMILES string of the molecule is Cc1nc(CSc2ccc(C(=O)OCc3cc(=O)n4ccccc4n3)cc2)cs1. The molecule has 4 rings (SSSR count). The number of aryl methyl sites for hydroxylation is 1. The Hall–Kier alpha value is -2.97. The first-order valence-corrected chi connectivity index (χ1v) is 10.7. The number of carbonyl (C=O) groups excluding carboxylic acids is 1. The first-order valence-electron chi connectivity index (χ1n) is 8.87. The van der Waals surface area contributed by atoms with Crippen molar-refractivity contribution in [3.8, 4) is 0 Å². The molecule has 0 N–H and O–H groups in total. The minimum atomic E-state index is -0.452. The fourth-order valence-electron chi connectivity index (χ4n) is 2.72. The zero-order valence-electron chi connectivity index (χ0n) is 15.6. The molecule has 0 amide bonds. The minimum absolute atomic E-state index is 0.0564. The van der Waals surface area contributed by atoms with Gasteiger partial charge in [0.1, 0.15) is 12.3 Å². The summed E-state index contributed by atoms with van der Waals surface area (Å²) < 4.78 is 6.76. The van der Waals surface area contributed by atoms with Gasteiger partial charge in [0, 0.05) is 28.3 Å². The van der Waals surface area contributed by atoms with E-state index < -0.39 is 5.97 Å². The number of ether oxygens (including phenoxy) is 1. The van der Waals surface area contributed by atoms with Gasteiger partial charge in [-0.3, -0.25) is 9.20 Å². The highest BCUT2D eigenvalue weighted by Crippen LogP contribution is 2.24. The van der Waals surface area contributed by atoms with Crippen LogP contribution in [0, 0.1) is 6.92 Å². The topological polar surface area (TPSA) is 73.6 Å². The summed E-state index contributed by atoms with van der Waals surface area (Å²) in [5, 5.41) is 3.11. The average Bonchev–Trinajstić information content (AvgIpc) is 3.16. The Morgan fingerprint density at radius 3 is 2.72 bits per heavy atom. The largest absolute Gasteiger partial charge is 0.456 e. The summed E-state index contributed by atoms with van der Waals surface area (Å²) in [6.45, 7) is 1.93. The second-order valence-electron chi connectivity index (χ2n) is 6.26. The van der Waals surface area contributed by atoms with E-state index in [2.05, 4.69) is 15.3 Å². The third-order valence-electron chi connectivity index (χ3n) is 4.12. The van der Waals surface area contributed by atoms with E-state index in [9.17, 15) is 9.59 Å². The smallest absolute Gasteiger partial charge is 0.338 e. The van der Waals surface area contributed by atoms with Gasteiger partial charge in [-0.2, -0.15) is 0 Å². The summed E-state index contributed by atoms with van der Waals surface area (Å²) in [5.41, 5.74) is 2.23. The minimum Gasteiger partial charge on any atom is -0.456 e. The highest BCUT2D eigenvalue weighted by atomic mass is 32.2. The van der Waals surface area contributed by atoms with E-state index in [-0.39, 0.29) is 12.2 Å². The summed E-state index contributed by atoms with van der Waals surface area (Å²) in [7, 11) is 0. The third kappa shape index (κ3) is 4.72. The van der Waals surface area contributed by atoms with Crippen LogP contribution in [0.5, 0.6) is 0 Å². The molecule has 1 aromatic carbocycles. The number of benzene rings is 1. The van der Waals surface area contributed by atoms with Gasteiger partial charge in [-0.15, -0.1) is 23.1 Å². The van der Waals surface area contributed by atoms with Crippen LogP contribution in [-0.2, 0) is 17.1 Å². The molecule has 0 aliphatic rings. The van der Waals surface area contributed by atoms with Gasteiger partial charge in [-0.05, 0) is 43.3 Å². The van der Waals surface area contributed by atoms with Crippen molar-refractivity contribution in [2.75, 3.05) is 0 Å². The molecule has 0 fully saturated rings. The van der Waals surface area contributed by atoms with E-state index >= 15 is 0 Å². The number of pyridine rings is 1. The van der Waals surface area contributed by atoms with Gasteiger partial charge in [0.15, 0.2) is 0 Å². The predicted octanol–water partition coefficient (Wildman–Crippen LogP) is 4.11. The molecule has 0 bridgehead atoms. The van der Waals surface area contributed by atoms with E-state index in [1.54, 1.807) is 59.6 Å². The molecular formula is C21H17N3O3S2. The predicted molar refractivity (Wildman–Crippen MR) is 113 cm³/mol. The zero-order valence-corrected chi connectivity index (χ0v) is 17.2. The maximum atomic E-state index is 12.3. The lowest BCUT2D eigenvalue weighted by molar-refractivity contribution is 0.0467. The molecule has 6 nitrogen and oxygen atoms in total. The molecule has 0 saturated heterocycles. The highest BCUT2D eigenvalue weighted by Gasteiger charge is 2.10. The fourth-order valence-corrected chi connectivity index (χ4v) is 4.23. The zero-order chi connectivity index (χ0) is 20.2. The second kappa shape index (κ2) is 8.59. The Bertz CT molecular complexity index is 1220. The maximum Gasteiger partial charge on any atom is 0.338 e. The molecule has 146 valence electrons. The van der Waals surface area contributed by atoms with Crippen LogP contribution in [0.1, 0.15) is 26.8 Å². The monoisotopic (exact) mass is 423 g/mol. The Kier molecular flexibility index (Phi) is 5.73. The van der Waals surface area contributed by atoms with Crippen molar-refractivity contribution >= 4 is 34.7 Å². The molecule has 0 saturated carbocycles. The normalized spacial score (nSPS) is 10.9. The molecule has 0 aliphatic heterocycles. The van der Waals surface area contributed by atoms with Gasteiger partial charge >= 0.3 is 5.97 Å². The van der Waals surface area contributed by atoms with Gasteiger partial charge in [-0.25, -0.2) is 14.8 Å². The first-order chi connectivity index (χ1) is 14.1. The first kappa shape index (κ1) is 19.4. The lowest BCUT2D eigenvalue weighted by atomic mass is 10.2. The van der Waals surface area contributed by atoms with E-state index in [0.717, 1.165) is 21.3 Å². The van der Waals surface area contributed by atoms with E-state index in [1.165, 1.54) is 10.5 Å². The molecule has 29 heavy (non-hydrogen) atoms. The van der Waals surface area contributed by atoms with Gasteiger partial charge in [0.2, 0.25) is 0 Å². The molecule has 3 aromatic heterocycles. The standard InChI is InChI=1S/C21H17N3O3S2/c1-14-22-17(12-28-14)13-29-18-7-5-15(6-8-18)21(26)27-11-16-10-20(25)24-9-3-2-4-19(24)23-16/h2-10,12H,11,13H2,1H3. The molecule has 0 atom stereocenters. The van der Waals surface area contributed by atoms with Crippen LogP contribution in [0.4, 0.5) is 0 Å². The molecule has 8 heteroatoms. The Balaban J connectivity index is 1.36. The molecule has 3 heterocycles. The summed E-state index contributed by atoms with van der Waals surface area (Å²) in [6.07, 6.45) is 1.65. The molecule has 0 aliphatic carbocycles. The van der Waals surface area contributed by atoms with Crippen LogP contribution in [0.25, 0.3) is 5.65 Å². The second-order valence-corrected chi connectivity index (χ2v) is 8.37. The van der Waals surface area contributed by atoms with Crippen molar-refractivity contribution in [1.82, 2.24) is 14.4 Å². The molecular weight excluding hydrogens is 406 g/mol. The number of thiazole rings is 1. The van der Waals surface area contributed by atoms with Crippen LogP contribution in [-0.4, -0.2) is 20.3 Å². The summed E-state index contributed by atoms with van der Waals surface area (Å²) in [6, 6.07) is 13.9. The van der Waals surface area contributed by atoms with Crippen molar-refractivity contribution in [3.05, 3.63) is 92.4 Å². The van der Waals surface area contributed by atoms with Crippen LogP contribution < -0.4 is 5.56 Å². The number of aromatic nitrogens is 3. The van der Waals surface area contributed by atoms with Crippen molar-refractivity contribution in [3.63, 3.8) is 0 Å². The number of nitrogens with zero attached hydrogens (tertiary/aromatic N) is 3. The van der Waals surface area contributed by atoms with Gasteiger partial charge in [0.25, 0.3) is 5.56 Å². The average molecular weight is 424 g/mol. The van der Waals surface area contributed by atoms with E-state index in [4.69, 9.17) is 4.74 Å². The number of rotatable bonds is 6. The summed E-state index contributed by atoms with van der Waals surface area (Å²) in [4.78, 5) is 34.2. The fraction of sp³-hybridized carbons (Fsp3) is 0.143. The van der Waals surface area contributed by atoms with Crippen LogP contribution in [0.2, 0.25) is 0 Å². The summed E-state index contributed by atoms with van der Waals surface area (Å²) >= 11 is 3.30. The number of hydrogen-bond acceptors (Lipinski definition) is 7. The Labute approximate surface area is 175 Å². The van der Waals surface area contributed by atoms with Crippen LogP contribution >= 0.6 is 23.1 Å². The number of esters is 1. The Morgan fingerprint density at radius 1 is 1.14 bits per heavy atom. The molecule has 0 radical (unpaired) electrons. The van der Waals surface area contributed by atoms with E-state index in [1.807, 2.05) is 19.1 Å². The third-order valence-corrected chi connectivity index (χ3v) is 5.99. The molecule has 0 spiro atoms. The van der Waals surface area contributed by atoms with Gasteiger partial charge < -0.3 is 4.74 Å². The molecule has 4 aromatic rings. The maximum absolute atomic E-state index is 12.3. The van der Waals surface area contributed by atoms with Crippen molar-refractivity contribution in [1.29, 1.82) is 0 Å². The van der Waals surface area contributed by atoms with Crippen molar-refractivity contribution < 1.29 is 9.53 Å². The lowest BCUT2D eigenvalue weighted by Gasteiger charge is -2.07. The van der Waals surface area contributed by atoms with Crippen molar-refractivity contribution in [2.24, 2.45) is 0 Å². The number of thioether (sulfide) groups is 1. The van der Waals surface area contributed by atoms with Gasteiger partial charge in [0.05, 0.1) is 22.0 Å². The van der Waals surface area contributed by atoms with Crippen LogP contribution in [0.15, 0.2) is 69.8 Å². The number of fused-ring (bicyclic) bond motifs is 1. The van der Waals surface area contributed by atoms with E-state index in [0.29, 0.717) is 16.9 Å². The number of carbonyl (C=O) groups is 1. The van der Waals surface area contributed by atoms with Crippen LogP contribution in [0.3, 0.4) is 0 Å². The Morgan fingerprint density at radius 2 is 1.97 bits per heavy atom.